The summed E-state index contributed by atoms with van der Waals surface area (Å²) in [5, 5.41) is 2.66. The number of carbonyl (C=O) groups is 3. The van der Waals surface area contributed by atoms with E-state index in [2.05, 4.69) is 5.32 Å². The van der Waals surface area contributed by atoms with Crippen LogP contribution in [0.1, 0.15) is 27.2 Å². The molecular weight excluding hydrogens is 296 g/mol. The van der Waals surface area contributed by atoms with Gasteiger partial charge in [-0.05, 0) is 6.92 Å². The summed E-state index contributed by atoms with van der Waals surface area (Å²) in [5.41, 5.74) is -0.360. The van der Waals surface area contributed by atoms with Crippen molar-refractivity contribution < 1.29 is 14.4 Å². The lowest BCUT2D eigenvalue weighted by atomic mass is 9.85. The minimum atomic E-state index is -0.360. The number of hydrogen-bond acceptors (Lipinski definition) is 3. The Kier molecular flexibility index (Phi) is 5.16. The number of amides is 4. The maximum Gasteiger partial charge on any atom is 0.317 e. The fourth-order valence-corrected chi connectivity index (χ4v) is 3.63. The van der Waals surface area contributed by atoms with Crippen molar-refractivity contribution in [2.75, 3.05) is 46.3 Å². The highest BCUT2D eigenvalue weighted by Gasteiger charge is 2.47. The molecule has 2 aliphatic rings. The fraction of sp³-hybridized carbons (Fsp3) is 0.812. The molecule has 23 heavy (non-hydrogen) atoms. The third-order valence-corrected chi connectivity index (χ3v) is 4.79. The molecule has 0 radical (unpaired) electrons. The SMILES string of the molecule is CCN1C[C@@]2(CC1=O)CN(C(=O)NC)CCN(C(=O)C(C)C)C2. The van der Waals surface area contributed by atoms with Crippen LogP contribution in [-0.2, 0) is 9.59 Å². The summed E-state index contributed by atoms with van der Waals surface area (Å²) in [6.45, 7) is 9.07. The van der Waals surface area contributed by atoms with Crippen molar-refractivity contribution in [1.29, 1.82) is 0 Å². The number of hydrogen-bond donors (Lipinski definition) is 1. The van der Waals surface area contributed by atoms with E-state index in [1.54, 1.807) is 11.9 Å². The zero-order chi connectivity index (χ0) is 17.2. The Morgan fingerprint density at radius 2 is 1.78 bits per heavy atom. The summed E-state index contributed by atoms with van der Waals surface area (Å²) in [6, 6.07) is -0.148. The normalized spacial score (nSPS) is 25.3. The second kappa shape index (κ2) is 6.76. The lowest BCUT2D eigenvalue weighted by Crippen LogP contribution is -2.47. The molecule has 1 spiro atoms. The molecule has 2 saturated heterocycles. The average Bonchev–Trinajstić information content (AvgIpc) is 2.71. The van der Waals surface area contributed by atoms with E-state index >= 15 is 0 Å². The summed E-state index contributed by atoms with van der Waals surface area (Å²) in [5.74, 6) is 0.117. The molecule has 0 unspecified atom stereocenters. The van der Waals surface area contributed by atoms with Crippen molar-refractivity contribution >= 4 is 17.8 Å². The topological polar surface area (TPSA) is 73.0 Å². The smallest absolute Gasteiger partial charge is 0.317 e. The van der Waals surface area contributed by atoms with Crippen molar-refractivity contribution in [3.63, 3.8) is 0 Å². The second-order valence-electron chi connectivity index (χ2n) is 6.98. The van der Waals surface area contributed by atoms with E-state index in [-0.39, 0.29) is 29.2 Å². The Labute approximate surface area is 138 Å². The van der Waals surface area contributed by atoms with E-state index in [0.29, 0.717) is 45.7 Å². The van der Waals surface area contributed by atoms with Gasteiger partial charge in [0.15, 0.2) is 0 Å². The molecule has 1 atom stereocenters. The van der Waals surface area contributed by atoms with Crippen LogP contribution in [0, 0.1) is 11.3 Å². The summed E-state index contributed by atoms with van der Waals surface area (Å²) in [6.07, 6.45) is 0.399. The molecule has 0 aromatic carbocycles. The number of nitrogens with zero attached hydrogens (tertiary/aromatic N) is 3. The molecule has 1 N–H and O–H groups in total. The molecule has 0 bridgehead atoms. The summed E-state index contributed by atoms with van der Waals surface area (Å²) >= 11 is 0. The molecule has 2 fully saturated rings. The molecule has 2 heterocycles. The van der Waals surface area contributed by atoms with Gasteiger partial charge in [0, 0.05) is 64.1 Å². The molecule has 0 aromatic rings. The minimum absolute atomic E-state index is 0.0852. The monoisotopic (exact) mass is 324 g/mol. The van der Waals surface area contributed by atoms with Crippen molar-refractivity contribution in [1.82, 2.24) is 20.0 Å². The maximum absolute atomic E-state index is 12.5. The Morgan fingerprint density at radius 1 is 1.17 bits per heavy atom. The molecule has 0 saturated carbocycles. The first-order valence-electron chi connectivity index (χ1n) is 8.35. The molecule has 7 heteroatoms. The van der Waals surface area contributed by atoms with Crippen LogP contribution < -0.4 is 5.32 Å². The van der Waals surface area contributed by atoms with Gasteiger partial charge in [-0.2, -0.15) is 0 Å². The van der Waals surface area contributed by atoms with Gasteiger partial charge in [-0.3, -0.25) is 9.59 Å². The van der Waals surface area contributed by atoms with Gasteiger partial charge in [0.25, 0.3) is 0 Å². The predicted molar refractivity (Wildman–Crippen MR) is 86.8 cm³/mol. The zero-order valence-electron chi connectivity index (χ0n) is 14.6. The molecule has 2 aliphatic heterocycles. The first-order chi connectivity index (χ1) is 10.8. The van der Waals surface area contributed by atoms with Gasteiger partial charge in [-0.15, -0.1) is 0 Å². The van der Waals surface area contributed by atoms with E-state index < -0.39 is 0 Å². The molecule has 0 aromatic heterocycles. The van der Waals surface area contributed by atoms with Gasteiger partial charge in [0.1, 0.15) is 0 Å². The third kappa shape index (κ3) is 3.59. The summed E-state index contributed by atoms with van der Waals surface area (Å²) < 4.78 is 0. The van der Waals surface area contributed by atoms with Crippen LogP contribution >= 0.6 is 0 Å². The van der Waals surface area contributed by atoms with Gasteiger partial charge in [0.2, 0.25) is 11.8 Å². The van der Waals surface area contributed by atoms with Gasteiger partial charge in [0.05, 0.1) is 0 Å². The van der Waals surface area contributed by atoms with Crippen LogP contribution in [-0.4, -0.2) is 78.9 Å². The Hall–Kier alpha value is -1.79. The molecular formula is C16H28N4O3. The largest absolute Gasteiger partial charge is 0.342 e. The van der Waals surface area contributed by atoms with Gasteiger partial charge < -0.3 is 20.0 Å². The highest BCUT2D eigenvalue weighted by Crippen LogP contribution is 2.35. The third-order valence-electron chi connectivity index (χ3n) is 4.79. The van der Waals surface area contributed by atoms with Gasteiger partial charge in [-0.25, -0.2) is 4.79 Å². The Bertz CT molecular complexity index is 494. The fourth-order valence-electron chi connectivity index (χ4n) is 3.63. The highest BCUT2D eigenvalue weighted by atomic mass is 16.2. The summed E-state index contributed by atoms with van der Waals surface area (Å²) in [7, 11) is 1.61. The first-order valence-corrected chi connectivity index (χ1v) is 8.35. The van der Waals surface area contributed by atoms with Crippen molar-refractivity contribution in [3.8, 4) is 0 Å². The maximum atomic E-state index is 12.5. The lowest BCUT2D eigenvalue weighted by Gasteiger charge is -2.34. The van der Waals surface area contributed by atoms with E-state index in [4.69, 9.17) is 0 Å². The van der Waals surface area contributed by atoms with Crippen LogP contribution in [0.25, 0.3) is 0 Å². The van der Waals surface area contributed by atoms with Crippen LogP contribution in [0.2, 0.25) is 0 Å². The minimum Gasteiger partial charge on any atom is -0.342 e. The van der Waals surface area contributed by atoms with E-state index in [0.717, 1.165) is 0 Å². The van der Waals surface area contributed by atoms with Crippen molar-refractivity contribution in [2.24, 2.45) is 11.3 Å². The first kappa shape index (κ1) is 17.6. The standard InChI is InChI=1S/C16H28N4O3/c1-5-18-9-16(8-13(18)21)10-19(14(22)12(2)3)6-7-20(11-16)15(23)17-4/h12H,5-11H2,1-4H3,(H,17,23)/t16-/m1/s1. The zero-order valence-corrected chi connectivity index (χ0v) is 14.6. The summed E-state index contributed by atoms with van der Waals surface area (Å²) in [4.78, 5) is 42.2. The van der Waals surface area contributed by atoms with Crippen LogP contribution in [0.15, 0.2) is 0 Å². The molecule has 0 aliphatic carbocycles. The van der Waals surface area contributed by atoms with Crippen molar-refractivity contribution in [3.05, 3.63) is 0 Å². The number of urea groups is 1. The van der Waals surface area contributed by atoms with Gasteiger partial charge >= 0.3 is 6.03 Å². The quantitative estimate of drug-likeness (QED) is 0.797. The van der Waals surface area contributed by atoms with Gasteiger partial charge in [-0.1, -0.05) is 13.8 Å². The molecule has 130 valence electrons. The van der Waals surface area contributed by atoms with Crippen molar-refractivity contribution in [2.45, 2.75) is 27.2 Å². The van der Waals surface area contributed by atoms with Crippen LogP contribution in [0.3, 0.4) is 0 Å². The molecule has 7 nitrogen and oxygen atoms in total. The highest BCUT2D eigenvalue weighted by molar-refractivity contribution is 5.81. The average molecular weight is 324 g/mol. The van der Waals surface area contributed by atoms with E-state index in [9.17, 15) is 14.4 Å². The lowest BCUT2D eigenvalue weighted by molar-refractivity contribution is -0.135. The molecule has 2 rings (SSSR count). The number of likely N-dealkylation sites (tertiary alicyclic amines) is 1. The van der Waals surface area contributed by atoms with E-state index in [1.807, 2.05) is 30.6 Å². The number of nitrogens with one attached hydrogen (secondary N) is 1. The predicted octanol–water partition coefficient (Wildman–Crippen LogP) is 0.365. The second-order valence-corrected chi connectivity index (χ2v) is 6.98. The number of rotatable bonds is 2. The van der Waals surface area contributed by atoms with Crippen LogP contribution in [0.5, 0.6) is 0 Å². The molecule has 4 amide bonds. The van der Waals surface area contributed by atoms with E-state index in [1.165, 1.54) is 0 Å². The number of carbonyl (C=O) groups excluding carboxylic acids is 3. The Morgan fingerprint density at radius 3 is 2.30 bits per heavy atom. The Balaban J connectivity index is 2.27. The van der Waals surface area contributed by atoms with Crippen LogP contribution in [0.4, 0.5) is 4.79 Å².